The normalized spacial score (nSPS) is 17.5. The summed E-state index contributed by atoms with van der Waals surface area (Å²) in [5, 5.41) is 0. The second-order valence-electron chi connectivity index (χ2n) is 5.98. The van der Waals surface area contributed by atoms with Crippen LogP contribution in [0.25, 0.3) is 0 Å². The van der Waals surface area contributed by atoms with Crippen molar-refractivity contribution in [3.05, 3.63) is 49.4 Å². The summed E-state index contributed by atoms with van der Waals surface area (Å²) in [7, 11) is 0. The highest BCUT2D eigenvalue weighted by Crippen LogP contribution is 2.65. The molecule has 28 heavy (non-hydrogen) atoms. The van der Waals surface area contributed by atoms with Crippen LogP contribution in [0.3, 0.4) is 0 Å². The summed E-state index contributed by atoms with van der Waals surface area (Å²) in [5.74, 6) is 1.24. The Labute approximate surface area is 203 Å². The van der Waals surface area contributed by atoms with Gasteiger partial charge in [-0.2, -0.15) is 0 Å². The van der Waals surface area contributed by atoms with Gasteiger partial charge in [-0.25, -0.2) is 0 Å². The summed E-state index contributed by atoms with van der Waals surface area (Å²) < 4.78 is 8.92. The molecule has 0 atom stereocenters. The van der Waals surface area contributed by atoms with Crippen LogP contribution in [-0.4, -0.2) is 29.5 Å². The Hall–Kier alpha value is 1.30. The predicted molar refractivity (Wildman–Crippen MR) is 147 cm³/mol. The van der Waals surface area contributed by atoms with Gasteiger partial charge in [0.25, 0.3) is 0 Å². The first kappa shape index (κ1) is 24.0. The Kier molecular flexibility index (Phi) is 11.1. The summed E-state index contributed by atoms with van der Waals surface area (Å²) >= 11 is 15.7. The highest BCUT2D eigenvalue weighted by atomic mass is 32.3. The topological polar surface area (TPSA) is 15.8 Å². The molecule has 2 aliphatic heterocycles. The van der Waals surface area contributed by atoms with Crippen LogP contribution in [0.5, 0.6) is 0 Å². The van der Waals surface area contributed by atoms with Crippen molar-refractivity contribution in [2.45, 2.75) is 32.1 Å². The van der Waals surface area contributed by atoms with E-state index in [0.717, 1.165) is 0 Å². The van der Waals surface area contributed by atoms with Crippen molar-refractivity contribution >= 4 is 94.1 Å². The molecule has 0 fully saturated rings. The number of unbranched alkanes of at least 4 members (excludes halogenated alkanes) is 3. The zero-order valence-electron chi connectivity index (χ0n) is 16.2. The van der Waals surface area contributed by atoms with Gasteiger partial charge in [0, 0.05) is 12.4 Å². The smallest absolute Gasteiger partial charge is 0.0717 e. The Bertz CT molecular complexity index is 717. The number of hydrogen-bond acceptors (Lipinski definition) is 8. The van der Waals surface area contributed by atoms with Gasteiger partial charge in [-0.1, -0.05) is 59.9 Å². The lowest BCUT2D eigenvalue weighted by Gasteiger charge is -2.04. The van der Waals surface area contributed by atoms with Crippen molar-refractivity contribution in [3.63, 3.8) is 0 Å². The average Bonchev–Trinajstić information content (AvgIpc) is 3.45. The SMILES string of the molecule is CSC1=C(SC)SC(=C2SC(SC)=C(SCCCCCCc3cc[nH]c3)S2)S1. The highest BCUT2D eigenvalue weighted by molar-refractivity contribution is 8.44. The third-order valence-electron chi connectivity index (χ3n) is 4.05. The van der Waals surface area contributed by atoms with Gasteiger partial charge < -0.3 is 4.98 Å². The van der Waals surface area contributed by atoms with Crippen LogP contribution in [0.2, 0.25) is 0 Å². The van der Waals surface area contributed by atoms with Gasteiger partial charge in [-0.3, -0.25) is 0 Å². The Balaban J connectivity index is 1.40. The van der Waals surface area contributed by atoms with Crippen molar-refractivity contribution in [1.82, 2.24) is 4.98 Å². The quantitative estimate of drug-likeness (QED) is 0.285. The third kappa shape index (κ3) is 6.90. The summed E-state index contributed by atoms with van der Waals surface area (Å²) in [6.07, 6.45) is 17.2. The van der Waals surface area contributed by atoms with Crippen LogP contribution in [0.4, 0.5) is 0 Å². The van der Waals surface area contributed by atoms with E-state index < -0.39 is 0 Å². The van der Waals surface area contributed by atoms with Crippen LogP contribution < -0.4 is 0 Å². The standard InChI is InChI=1S/C19H25NS8/c1-21-14-15(22-2)26-18(25-14)19-27-16(23-3)17(28-19)24-11-7-5-4-6-8-13-9-10-20-12-13/h9-10,12,20H,4-8,11H2,1-3H3. The van der Waals surface area contributed by atoms with Gasteiger partial charge in [0.2, 0.25) is 0 Å². The first-order valence-electron chi connectivity index (χ1n) is 9.05. The lowest BCUT2D eigenvalue weighted by Crippen LogP contribution is -1.85. The molecule has 2 aliphatic rings. The van der Waals surface area contributed by atoms with Gasteiger partial charge in [-0.05, 0) is 55.4 Å². The molecule has 3 heterocycles. The maximum Gasteiger partial charge on any atom is 0.0717 e. The van der Waals surface area contributed by atoms with Gasteiger partial charge in [-0.15, -0.1) is 47.0 Å². The fraction of sp³-hybridized carbons (Fsp3) is 0.474. The molecule has 1 aromatic heterocycles. The minimum atomic E-state index is 1.21. The minimum Gasteiger partial charge on any atom is -0.367 e. The lowest BCUT2D eigenvalue weighted by molar-refractivity contribution is 0.671. The summed E-state index contributed by atoms with van der Waals surface area (Å²) in [6, 6.07) is 2.19. The van der Waals surface area contributed by atoms with Crippen molar-refractivity contribution in [3.8, 4) is 0 Å². The largest absolute Gasteiger partial charge is 0.367 e. The van der Waals surface area contributed by atoms with E-state index in [2.05, 4.69) is 47.8 Å². The van der Waals surface area contributed by atoms with Crippen LogP contribution in [0, 0.1) is 0 Å². The van der Waals surface area contributed by atoms with E-state index in [1.807, 2.05) is 88.5 Å². The summed E-state index contributed by atoms with van der Waals surface area (Å²) in [6.45, 7) is 0. The van der Waals surface area contributed by atoms with Gasteiger partial charge in [0.15, 0.2) is 0 Å². The molecule has 9 heteroatoms. The van der Waals surface area contributed by atoms with Crippen molar-refractivity contribution in [2.75, 3.05) is 24.5 Å². The van der Waals surface area contributed by atoms with Gasteiger partial charge in [0.05, 0.1) is 25.4 Å². The molecular formula is C19H25NS8. The van der Waals surface area contributed by atoms with Crippen LogP contribution in [-0.2, 0) is 6.42 Å². The molecule has 154 valence electrons. The average molecular weight is 524 g/mol. The summed E-state index contributed by atoms with van der Waals surface area (Å²) in [4.78, 5) is 3.14. The third-order valence-corrected chi connectivity index (χ3v) is 15.3. The molecule has 0 spiro atoms. The number of hydrogen-bond donors (Lipinski definition) is 1. The molecule has 3 rings (SSSR count). The molecule has 0 bridgehead atoms. The van der Waals surface area contributed by atoms with Gasteiger partial charge >= 0.3 is 0 Å². The van der Waals surface area contributed by atoms with Crippen molar-refractivity contribution in [1.29, 1.82) is 0 Å². The Morgan fingerprint density at radius 1 is 0.750 bits per heavy atom. The summed E-state index contributed by atoms with van der Waals surface area (Å²) in [5.41, 5.74) is 1.44. The molecule has 0 aromatic carbocycles. The number of aromatic nitrogens is 1. The molecule has 0 aliphatic carbocycles. The van der Waals surface area contributed by atoms with Gasteiger partial charge in [0.1, 0.15) is 0 Å². The van der Waals surface area contributed by atoms with Crippen molar-refractivity contribution in [2.24, 2.45) is 0 Å². The zero-order chi connectivity index (χ0) is 19.8. The fourth-order valence-electron chi connectivity index (χ4n) is 2.64. The van der Waals surface area contributed by atoms with E-state index in [9.17, 15) is 0 Å². The molecule has 1 N–H and O–H groups in total. The monoisotopic (exact) mass is 523 g/mol. The highest BCUT2D eigenvalue weighted by Gasteiger charge is 2.29. The molecule has 0 unspecified atom stereocenters. The number of thioether (sulfide) groups is 8. The molecule has 0 saturated carbocycles. The molecule has 0 saturated heterocycles. The first-order chi connectivity index (χ1) is 13.7. The number of nitrogens with one attached hydrogen (secondary N) is 1. The van der Waals surface area contributed by atoms with E-state index in [-0.39, 0.29) is 0 Å². The first-order valence-corrected chi connectivity index (χ1v) is 17.0. The van der Waals surface area contributed by atoms with Crippen molar-refractivity contribution < 1.29 is 0 Å². The fourth-order valence-corrected chi connectivity index (χ4v) is 13.4. The maximum absolute atomic E-state index is 3.14. The number of H-pyrrole nitrogens is 1. The minimum absolute atomic E-state index is 1.21. The Morgan fingerprint density at radius 2 is 1.32 bits per heavy atom. The number of aromatic amines is 1. The van der Waals surface area contributed by atoms with E-state index >= 15 is 0 Å². The Morgan fingerprint density at radius 3 is 1.89 bits per heavy atom. The molecule has 0 radical (unpaired) electrons. The van der Waals surface area contributed by atoms with E-state index in [1.54, 1.807) is 0 Å². The number of rotatable bonds is 11. The molecule has 1 nitrogen and oxygen atoms in total. The molecule has 0 amide bonds. The second-order valence-corrected chi connectivity index (χ2v) is 15.2. The van der Waals surface area contributed by atoms with Crippen LogP contribution in [0.15, 0.2) is 43.9 Å². The predicted octanol–water partition coefficient (Wildman–Crippen LogP) is 9.28. The maximum atomic E-state index is 3.14. The lowest BCUT2D eigenvalue weighted by atomic mass is 10.1. The number of aryl methyl sites for hydroxylation is 1. The zero-order valence-corrected chi connectivity index (χ0v) is 22.8. The van der Waals surface area contributed by atoms with E-state index in [0.29, 0.717) is 0 Å². The van der Waals surface area contributed by atoms with Crippen LogP contribution >= 0.6 is 94.1 Å². The van der Waals surface area contributed by atoms with Crippen LogP contribution in [0.1, 0.15) is 31.2 Å². The van der Waals surface area contributed by atoms with E-state index in [1.165, 1.54) is 68.8 Å². The second kappa shape index (κ2) is 13.0. The molecular weight excluding hydrogens is 499 g/mol. The molecule has 1 aromatic rings. The van der Waals surface area contributed by atoms with E-state index in [4.69, 9.17) is 0 Å².